The SMILES string of the molecule is C=CC(=CC)N(C(=O)Cn1cncn1)C(C(=O)NC1CCCCC1)C(C=C)=C(C)C. The second-order valence-corrected chi connectivity index (χ2v) is 7.68. The molecule has 1 N–H and O–H groups in total. The van der Waals surface area contributed by atoms with Crippen LogP contribution in [0, 0.1) is 0 Å². The van der Waals surface area contributed by atoms with Crippen LogP contribution in [-0.2, 0) is 16.1 Å². The Morgan fingerprint density at radius 1 is 1.23 bits per heavy atom. The molecule has 30 heavy (non-hydrogen) atoms. The summed E-state index contributed by atoms with van der Waals surface area (Å²) in [6, 6.07) is -0.711. The lowest BCUT2D eigenvalue weighted by Gasteiger charge is -2.35. The molecule has 0 bridgehead atoms. The van der Waals surface area contributed by atoms with E-state index in [4.69, 9.17) is 0 Å². The highest BCUT2D eigenvalue weighted by Crippen LogP contribution is 2.24. The first-order chi connectivity index (χ1) is 14.4. The van der Waals surface area contributed by atoms with Crippen molar-refractivity contribution in [2.75, 3.05) is 0 Å². The van der Waals surface area contributed by atoms with E-state index >= 15 is 0 Å². The molecule has 7 nitrogen and oxygen atoms in total. The van der Waals surface area contributed by atoms with E-state index in [2.05, 4.69) is 28.6 Å². The molecule has 1 aliphatic carbocycles. The van der Waals surface area contributed by atoms with Gasteiger partial charge in [-0.15, -0.1) is 0 Å². The largest absolute Gasteiger partial charge is 0.351 e. The fraction of sp³-hybridized carbons (Fsp3) is 0.478. The summed E-state index contributed by atoms with van der Waals surface area (Å²) < 4.78 is 1.44. The quantitative estimate of drug-likeness (QED) is 0.630. The van der Waals surface area contributed by atoms with Crippen molar-refractivity contribution in [1.29, 1.82) is 0 Å². The van der Waals surface area contributed by atoms with Gasteiger partial charge in [0.25, 0.3) is 0 Å². The molecule has 1 heterocycles. The number of carbonyl (C=O) groups is 2. The maximum absolute atomic E-state index is 13.5. The summed E-state index contributed by atoms with van der Waals surface area (Å²) in [5, 5.41) is 7.20. The van der Waals surface area contributed by atoms with Gasteiger partial charge in [0.05, 0.1) is 0 Å². The van der Waals surface area contributed by atoms with E-state index in [1.54, 1.807) is 18.2 Å². The highest BCUT2D eigenvalue weighted by Gasteiger charge is 2.35. The summed E-state index contributed by atoms with van der Waals surface area (Å²) in [6.45, 7) is 13.4. The number of hydrogen-bond donors (Lipinski definition) is 1. The zero-order valence-electron chi connectivity index (χ0n) is 18.3. The van der Waals surface area contributed by atoms with Gasteiger partial charge in [-0.3, -0.25) is 14.5 Å². The number of aromatic nitrogens is 3. The lowest BCUT2D eigenvalue weighted by molar-refractivity contribution is -0.137. The first kappa shape index (κ1) is 23.3. The third kappa shape index (κ3) is 5.78. The van der Waals surface area contributed by atoms with E-state index in [0.717, 1.165) is 31.3 Å². The third-order valence-corrected chi connectivity index (χ3v) is 5.37. The molecule has 0 aromatic carbocycles. The smallest absolute Gasteiger partial charge is 0.249 e. The normalized spacial score (nSPS) is 15.8. The van der Waals surface area contributed by atoms with Gasteiger partial charge < -0.3 is 5.32 Å². The van der Waals surface area contributed by atoms with E-state index in [0.29, 0.717) is 11.3 Å². The molecule has 0 saturated heterocycles. The molecular weight excluding hydrogens is 378 g/mol. The maximum Gasteiger partial charge on any atom is 0.249 e. The molecule has 162 valence electrons. The maximum atomic E-state index is 13.5. The number of allylic oxidation sites excluding steroid dienone is 3. The number of amides is 2. The highest BCUT2D eigenvalue weighted by molar-refractivity contribution is 5.92. The zero-order valence-corrected chi connectivity index (χ0v) is 18.3. The molecule has 0 aliphatic heterocycles. The van der Waals surface area contributed by atoms with Crippen molar-refractivity contribution >= 4 is 11.8 Å². The van der Waals surface area contributed by atoms with Crippen molar-refractivity contribution in [3.8, 4) is 0 Å². The van der Waals surface area contributed by atoms with Crippen molar-refractivity contribution in [2.45, 2.75) is 71.5 Å². The molecule has 1 aromatic heterocycles. The number of rotatable bonds is 9. The van der Waals surface area contributed by atoms with E-state index in [1.807, 2.05) is 20.8 Å². The third-order valence-electron chi connectivity index (χ3n) is 5.37. The van der Waals surface area contributed by atoms with Crippen LogP contribution in [0.1, 0.15) is 52.9 Å². The highest BCUT2D eigenvalue weighted by atomic mass is 16.2. The molecule has 1 atom stereocenters. The standard InChI is InChI=1S/C23H33N5O2/c1-6-19(7-2)28(21(29)14-27-16-24-15-25-27)22(20(8-3)17(4)5)23(30)26-18-12-10-9-11-13-18/h6-8,15-16,18,22H,1,3,9-14H2,2,4-5H3,(H,26,30). The van der Waals surface area contributed by atoms with Crippen molar-refractivity contribution in [3.63, 3.8) is 0 Å². The van der Waals surface area contributed by atoms with E-state index in [9.17, 15) is 9.59 Å². The van der Waals surface area contributed by atoms with Gasteiger partial charge in [-0.2, -0.15) is 5.10 Å². The molecule has 1 unspecified atom stereocenters. The summed E-state index contributed by atoms with van der Waals surface area (Å²) in [6.07, 6.45) is 13.2. The minimum Gasteiger partial charge on any atom is -0.351 e. The molecule has 0 radical (unpaired) electrons. The lowest BCUT2D eigenvalue weighted by Crippen LogP contribution is -2.53. The van der Waals surface area contributed by atoms with Gasteiger partial charge in [0.2, 0.25) is 11.8 Å². The molecular formula is C23H33N5O2. The fourth-order valence-electron chi connectivity index (χ4n) is 3.84. The van der Waals surface area contributed by atoms with Crippen LogP contribution in [0.5, 0.6) is 0 Å². The Bertz CT molecular complexity index is 813. The Kier molecular flexibility index (Phi) is 8.77. The van der Waals surface area contributed by atoms with E-state index in [1.165, 1.54) is 28.7 Å². The van der Waals surface area contributed by atoms with Crippen LogP contribution in [0.3, 0.4) is 0 Å². The Hall–Kier alpha value is -2.96. The minimum atomic E-state index is -0.838. The molecule has 0 spiro atoms. The lowest BCUT2D eigenvalue weighted by atomic mass is 9.93. The minimum absolute atomic E-state index is 0.0361. The summed E-state index contributed by atoms with van der Waals surface area (Å²) >= 11 is 0. The molecule has 1 fully saturated rings. The zero-order chi connectivity index (χ0) is 22.1. The summed E-state index contributed by atoms with van der Waals surface area (Å²) in [5.41, 5.74) is 2.19. The predicted octanol–water partition coefficient (Wildman–Crippen LogP) is 3.54. The van der Waals surface area contributed by atoms with Crippen LogP contribution in [0.2, 0.25) is 0 Å². The Morgan fingerprint density at radius 2 is 1.93 bits per heavy atom. The Balaban J connectivity index is 2.46. The predicted molar refractivity (Wildman–Crippen MR) is 118 cm³/mol. The van der Waals surface area contributed by atoms with Crippen LogP contribution >= 0.6 is 0 Å². The van der Waals surface area contributed by atoms with Crippen molar-refractivity contribution in [3.05, 3.63) is 60.9 Å². The van der Waals surface area contributed by atoms with Gasteiger partial charge >= 0.3 is 0 Å². The first-order valence-corrected chi connectivity index (χ1v) is 10.5. The second-order valence-electron chi connectivity index (χ2n) is 7.68. The number of hydrogen-bond acceptors (Lipinski definition) is 4. The topological polar surface area (TPSA) is 80.1 Å². The number of nitrogens with one attached hydrogen (secondary N) is 1. The van der Waals surface area contributed by atoms with Gasteiger partial charge in [-0.1, -0.05) is 50.1 Å². The van der Waals surface area contributed by atoms with Crippen molar-refractivity contribution in [1.82, 2.24) is 25.0 Å². The first-order valence-electron chi connectivity index (χ1n) is 10.5. The van der Waals surface area contributed by atoms with E-state index in [-0.39, 0.29) is 24.4 Å². The molecule has 1 saturated carbocycles. The summed E-state index contributed by atoms with van der Waals surface area (Å²) in [5.74, 6) is -0.482. The molecule has 2 amide bonds. The van der Waals surface area contributed by atoms with Crippen molar-refractivity contribution in [2.24, 2.45) is 0 Å². The van der Waals surface area contributed by atoms with E-state index < -0.39 is 6.04 Å². The molecule has 1 aromatic rings. The summed E-state index contributed by atoms with van der Waals surface area (Å²) in [4.78, 5) is 32.3. The van der Waals surface area contributed by atoms with Crippen molar-refractivity contribution < 1.29 is 9.59 Å². The molecule has 2 rings (SSSR count). The number of nitrogens with zero attached hydrogens (tertiary/aromatic N) is 4. The monoisotopic (exact) mass is 411 g/mol. The Morgan fingerprint density at radius 3 is 2.43 bits per heavy atom. The summed E-state index contributed by atoms with van der Waals surface area (Å²) in [7, 11) is 0. The average molecular weight is 412 g/mol. The van der Waals surface area contributed by atoms with Crippen LogP contribution in [0.15, 0.2) is 60.9 Å². The fourth-order valence-corrected chi connectivity index (χ4v) is 3.84. The average Bonchev–Trinajstić information content (AvgIpc) is 3.24. The van der Waals surface area contributed by atoms with Gasteiger partial charge in [0.15, 0.2) is 0 Å². The molecule has 1 aliphatic rings. The van der Waals surface area contributed by atoms with Gasteiger partial charge in [-0.05, 0) is 45.3 Å². The van der Waals surface area contributed by atoms with Crippen LogP contribution in [0.4, 0.5) is 0 Å². The van der Waals surface area contributed by atoms with Gasteiger partial charge in [0.1, 0.15) is 25.2 Å². The van der Waals surface area contributed by atoms with Crippen LogP contribution < -0.4 is 5.32 Å². The van der Waals surface area contributed by atoms with Crippen LogP contribution in [-0.4, -0.2) is 43.6 Å². The Labute approximate surface area is 179 Å². The van der Waals surface area contributed by atoms with Gasteiger partial charge in [-0.25, -0.2) is 9.67 Å². The second kappa shape index (κ2) is 11.3. The van der Waals surface area contributed by atoms with Gasteiger partial charge in [0, 0.05) is 11.7 Å². The number of carbonyl (C=O) groups excluding carboxylic acids is 2. The van der Waals surface area contributed by atoms with Crippen LogP contribution in [0.25, 0.3) is 0 Å². The molecule has 7 heteroatoms.